The SMILES string of the molecule is CC(=O)NC(/C=C/c1ccccc1)CN1CCN(c2ncc(C(=O)NOC3CCCCO3)cn2)CC1. The van der Waals surface area contributed by atoms with Gasteiger partial charge in [-0.05, 0) is 18.4 Å². The fourth-order valence-electron chi connectivity index (χ4n) is 4.20. The van der Waals surface area contributed by atoms with Crippen molar-refractivity contribution < 1.29 is 19.2 Å². The minimum Gasteiger partial charge on any atom is -0.350 e. The minimum atomic E-state index is -0.404. The number of aromatic nitrogens is 2. The lowest BCUT2D eigenvalue weighted by molar-refractivity contribution is -0.186. The highest BCUT2D eigenvalue weighted by Gasteiger charge is 2.22. The van der Waals surface area contributed by atoms with Crippen LogP contribution in [0.4, 0.5) is 5.95 Å². The molecule has 36 heavy (non-hydrogen) atoms. The van der Waals surface area contributed by atoms with Gasteiger partial charge in [0.1, 0.15) is 0 Å². The molecule has 2 aromatic rings. The molecule has 0 saturated carbocycles. The van der Waals surface area contributed by atoms with E-state index in [9.17, 15) is 9.59 Å². The van der Waals surface area contributed by atoms with Crippen LogP contribution in [0.2, 0.25) is 0 Å². The summed E-state index contributed by atoms with van der Waals surface area (Å²) in [6.07, 6.45) is 9.49. The van der Waals surface area contributed by atoms with E-state index >= 15 is 0 Å². The summed E-state index contributed by atoms with van der Waals surface area (Å²) >= 11 is 0. The summed E-state index contributed by atoms with van der Waals surface area (Å²) < 4.78 is 5.44. The van der Waals surface area contributed by atoms with Crippen molar-refractivity contribution in [2.75, 3.05) is 44.2 Å². The Kier molecular flexibility index (Phi) is 9.37. The van der Waals surface area contributed by atoms with Crippen LogP contribution in [-0.2, 0) is 14.4 Å². The van der Waals surface area contributed by atoms with Gasteiger partial charge >= 0.3 is 0 Å². The van der Waals surface area contributed by atoms with Crippen LogP contribution in [0, 0.1) is 0 Å². The quantitative estimate of drug-likeness (QED) is 0.510. The lowest BCUT2D eigenvalue weighted by Gasteiger charge is -2.36. The largest absolute Gasteiger partial charge is 0.350 e. The third kappa shape index (κ3) is 7.84. The molecule has 2 aliphatic heterocycles. The average molecular weight is 495 g/mol. The Morgan fingerprint density at radius 1 is 1.14 bits per heavy atom. The van der Waals surface area contributed by atoms with Gasteiger partial charge in [0.2, 0.25) is 11.9 Å². The highest BCUT2D eigenvalue weighted by atomic mass is 16.8. The van der Waals surface area contributed by atoms with Crippen molar-refractivity contribution in [3.63, 3.8) is 0 Å². The smallest absolute Gasteiger partial charge is 0.278 e. The number of piperazine rings is 1. The van der Waals surface area contributed by atoms with E-state index in [2.05, 4.69) is 30.6 Å². The van der Waals surface area contributed by atoms with Gasteiger partial charge in [-0.15, -0.1) is 0 Å². The summed E-state index contributed by atoms with van der Waals surface area (Å²) in [5.74, 6) is 0.142. The third-order valence-electron chi connectivity index (χ3n) is 6.14. The maximum Gasteiger partial charge on any atom is 0.278 e. The Bertz CT molecular complexity index is 1000. The average Bonchev–Trinajstić information content (AvgIpc) is 2.92. The Hall–Kier alpha value is -3.34. The standard InChI is InChI=1S/C26H34N6O4/c1-20(33)29-23(11-10-21-7-3-2-4-8-21)19-31-12-14-32(15-13-31)26-27-17-22(18-28-26)25(34)30-36-24-9-5-6-16-35-24/h2-4,7-8,10-11,17-18,23-24H,5-6,9,12-16,19H2,1H3,(H,29,33)(H,30,34)/b11-10+. The molecule has 2 amide bonds. The number of hydroxylamine groups is 1. The lowest BCUT2D eigenvalue weighted by Crippen LogP contribution is -2.51. The van der Waals surface area contributed by atoms with Crippen LogP contribution >= 0.6 is 0 Å². The van der Waals surface area contributed by atoms with E-state index in [0.29, 0.717) is 18.1 Å². The van der Waals surface area contributed by atoms with E-state index in [4.69, 9.17) is 9.57 Å². The fourth-order valence-corrected chi connectivity index (χ4v) is 4.20. The fraction of sp³-hybridized carbons (Fsp3) is 0.462. The number of hydrogen-bond acceptors (Lipinski definition) is 8. The van der Waals surface area contributed by atoms with Crippen molar-refractivity contribution in [3.05, 3.63) is 59.9 Å². The van der Waals surface area contributed by atoms with Gasteiger partial charge in [0.15, 0.2) is 6.29 Å². The Morgan fingerprint density at radius 3 is 2.56 bits per heavy atom. The van der Waals surface area contributed by atoms with Crippen LogP contribution in [0.3, 0.4) is 0 Å². The zero-order valence-electron chi connectivity index (χ0n) is 20.6. The summed E-state index contributed by atoms with van der Waals surface area (Å²) in [6.45, 7) is 6.04. The molecule has 2 aliphatic rings. The number of nitrogens with one attached hydrogen (secondary N) is 2. The van der Waals surface area contributed by atoms with Crippen molar-refractivity contribution >= 4 is 23.8 Å². The summed E-state index contributed by atoms with van der Waals surface area (Å²) in [5, 5.41) is 3.03. The molecular weight excluding hydrogens is 460 g/mol. The monoisotopic (exact) mass is 494 g/mol. The summed E-state index contributed by atoms with van der Waals surface area (Å²) in [6, 6.07) is 9.96. The number of anilines is 1. The molecule has 2 saturated heterocycles. The second-order valence-corrected chi connectivity index (χ2v) is 8.98. The molecule has 0 spiro atoms. The van der Waals surface area contributed by atoms with Gasteiger partial charge in [-0.2, -0.15) is 0 Å². The summed E-state index contributed by atoms with van der Waals surface area (Å²) in [7, 11) is 0. The Balaban J connectivity index is 1.25. The number of rotatable bonds is 9. The maximum absolute atomic E-state index is 12.3. The maximum atomic E-state index is 12.3. The predicted octanol–water partition coefficient (Wildman–Crippen LogP) is 2.00. The van der Waals surface area contributed by atoms with Crippen LogP contribution in [0.1, 0.15) is 42.1 Å². The number of amides is 2. The molecule has 1 aromatic carbocycles. The molecule has 4 rings (SSSR count). The second kappa shape index (κ2) is 13.1. The van der Waals surface area contributed by atoms with Gasteiger partial charge in [-0.25, -0.2) is 20.3 Å². The molecule has 192 valence electrons. The first kappa shape index (κ1) is 25.7. The number of benzene rings is 1. The number of ether oxygens (including phenoxy) is 1. The topological polar surface area (TPSA) is 109 Å². The normalized spacial score (nSPS) is 19.7. The van der Waals surface area contributed by atoms with Crippen molar-refractivity contribution in [2.24, 2.45) is 0 Å². The van der Waals surface area contributed by atoms with Crippen LogP contribution in [0.25, 0.3) is 6.08 Å². The van der Waals surface area contributed by atoms with Crippen molar-refractivity contribution in [2.45, 2.75) is 38.5 Å². The van der Waals surface area contributed by atoms with Crippen LogP contribution in [-0.4, -0.2) is 78.3 Å². The molecule has 10 nitrogen and oxygen atoms in total. The number of carbonyl (C=O) groups excluding carboxylic acids is 2. The van der Waals surface area contributed by atoms with E-state index in [-0.39, 0.29) is 11.9 Å². The molecule has 2 fully saturated rings. The molecule has 0 aliphatic carbocycles. The van der Waals surface area contributed by atoms with E-state index in [1.165, 1.54) is 12.4 Å². The van der Waals surface area contributed by atoms with Crippen LogP contribution < -0.4 is 15.7 Å². The molecule has 2 unspecified atom stereocenters. The van der Waals surface area contributed by atoms with Gasteiger partial charge in [0.05, 0.1) is 11.6 Å². The molecule has 0 radical (unpaired) electrons. The zero-order valence-corrected chi connectivity index (χ0v) is 20.6. The third-order valence-corrected chi connectivity index (χ3v) is 6.14. The lowest BCUT2D eigenvalue weighted by atomic mass is 10.1. The molecule has 10 heteroatoms. The van der Waals surface area contributed by atoms with Crippen LogP contribution in [0.5, 0.6) is 0 Å². The molecule has 1 aromatic heterocycles. The number of nitrogens with zero attached hydrogens (tertiary/aromatic N) is 4. The van der Waals surface area contributed by atoms with Crippen LogP contribution in [0.15, 0.2) is 48.8 Å². The van der Waals surface area contributed by atoms with Crippen molar-refractivity contribution in [3.8, 4) is 0 Å². The van der Waals surface area contributed by atoms with Crippen molar-refractivity contribution in [1.82, 2.24) is 25.7 Å². The predicted molar refractivity (Wildman–Crippen MR) is 136 cm³/mol. The number of hydrogen-bond donors (Lipinski definition) is 2. The first-order chi connectivity index (χ1) is 17.6. The minimum absolute atomic E-state index is 0.0504. The van der Waals surface area contributed by atoms with Crippen molar-refractivity contribution in [1.29, 1.82) is 0 Å². The highest BCUT2D eigenvalue weighted by Crippen LogP contribution is 2.14. The van der Waals surface area contributed by atoms with E-state index in [1.54, 1.807) is 6.92 Å². The first-order valence-electron chi connectivity index (χ1n) is 12.4. The molecule has 2 atom stereocenters. The molecule has 3 heterocycles. The molecule has 2 N–H and O–H groups in total. The Morgan fingerprint density at radius 2 is 1.89 bits per heavy atom. The second-order valence-electron chi connectivity index (χ2n) is 8.98. The van der Waals surface area contributed by atoms with Gasteiger partial charge in [-0.1, -0.05) is 42.5 Å². The molecule has 0 bridgehead atoms. The van der Waals surface area contributed by atoms with Gasteiger partial charge in [0.25, 0.3) is 5.91 Å². The van der Waals surface area contributed by atoms with E-state index in [1.807, 2.05) is 42.5 Å². The zero-order chi connectivity index (χ0) is 25.2. The first-order valence-corrected chi connectivity index (χ1v) is 12.4. The molecular formula is C26H34N6O4. The van der Waals surface area contributed by atoms with Gasteiger partial charge in [0, 0.05) is 65.1 Å². The number of carbonyl (C=O) groups is 2. The van der Waals surface area contributed by atoms with Gasteiger partial charge < -0.3 is 15.0 Å². The van der Waals surface area contributed by atoms with E-state index in [0.717, 1.165) is 57.5 Å². The van der Waals surface area contributed by atoms with E-state index < -0.39 is 12.2 Å². The van der Waals surface area contributed by atoms with Gasteiger partial charge in [-0.3, -0.25) is 14.5 Å². The summed E-state index contributed by atoms with van der Waals surface area (Å²) in [5.41, 5.74) is 3.85. The summed E-state index contributed by atoms with van der Waals surface area (Å²) in [4.78, 5) is 42.5. The Labute approximate surface area is 211 Å². The highest BCUT2D eigenvalue weighted by molar-refractivity contribution is 5.92.